The van der Waals surface area contributed by atoms with E-state index in [9.17, 15) is 0 Å². The van der Waals surface area contributed by atoms with E-state index in [-0.39, 0.29) is 0 Å². The summed E-state index contributed by atoms with van der Waals surface area (Å²) in [5, 5.41) is 1.58. The first-order valence-corrected chi connectivity index (χ1v) is 5.89. The number of nitrogens with zero attached hydrogens (tertiary/aromatic N) is 1. The van der Waals surface area contributed by atoms with Crippen molar-refractivity contribution in [1.82, 2.24) is 4.98 Å². The van der Waals surface area contributed by atoms with Gasteiger partial charge < -0.3 is 4.74 Å². The van der Waals surface area contributed by atoms with Crippen LogP contribution in [0.3, 0.4) is 0 Å². The van der Waals surface area contributed by atoms with Crippen LogP contribution in [0.5, 0.6) is 5.75 Å². The van der Waals surface area contributed by atoms with E-state index in [0.29, 0.717) is 5.15 Å². The van der Waals surface area contributed by atoms with E-state index < -0.39 is 0 Å². The molecule has 0 aliphatic heterocycles. The molecule has 1 heterocycles. The predicted octanol–water partition coefficient (Wildman–Crippen LogP) is 3.68. The van der Waals surface area contributed by atoms with Crippen LogP contribution in [-0.2, 0) is 0 Å². The average molecular weight is 234 g/mol. The molecule has 0 amide bonds. The Kier molecular flexibility index (Phi) is 2.44. The molecule has 82 valence electrons. The van der Waals surface area contributed by atoms with Gasteiger partial charge in [-0.1, -0.05) is 23.7 Å². The molecule has 3 heteroatoms. The van der Waals surface area contributed by atoms with Gasteiger partial charge >= 0.3 is 0 Å². The number of rotatable bonds is 3. The zero-order chi connectivity index (χ0) is 11.0. The van der Waals surface area contributed by atoms with Crippen LogP contribution in [0.1, 0.15) is 12.8 Å². The summed E-state index contributed by atoms with van der Waals surface area (Å²) in [5.41, 5.74) is 0.857. The molecule has 0 N–H and O–H groups in total. The van der Waals surface area contributed by atoms with E-state index in [4.69, 9.17) is 16.3 Å². The number of pyridine rings is 1. The van der Waals surface area contributed by atoms with Gasteiger partial charge in [-0.05, 0) is 37.0 Å². The fraction of sp³-hybridized carbons (Fsp3) is 0.308. The highest BCUT2D eigenvalue weighted by atomic mass is 35.5. The number of hydrogen-bond donors (Lipinski definition) is 0. The number of para-hydroxylation sites is 1. The Morgan fingerprint density at radius 1 is 1.25 bits per heavy atom. The van der Waals surface area contributed by atoms with Gasteiger partial charge in [0.05, 0.1) is 6.61 Å². The molecule has 1 saturated carbocycles. The lowest BCUT2D eigenvalue weighted by atomic mass is 10.2. The second kappa shape index (κ2) is 3.95. The van der Waals surface area contributed by atoms with Crippen molar-refractivity contribution in [1.29, 1.82) is 0 Å². The van der Waals surface area contributed by atoms with Crippen molar-refractivity contribution in [2.45, 2.75) is 12.8 Å². The molecule has 2 aromatic rings. The highest BCUT2D eigenvalue weighted by Gasteiger charge is 2.22. The molecule has 1 aromatic carbocycles. The summed E-state index contributed by atoms with van der Waals surface area (Å²) in [6, 6.07) is 9.72. The Labute approximate surface area is 99.2 Å². The average Bonchev–Trinajstić information content (AvgIpc) is 3.10. The van der Waals surface area contributed by atoms with Gasteiger partial charge in [0, 0.05) is 5.39 Å². The maximum atomic E-state index is 5.90. The molecular formula is C13H12ClNO. The molecule has 0 bridgehead atoms. The van der Waals surface area contributed by atoms with Crippen LogP contribution in [0, 0.1) is 5.92 Å². The van der Waals surface area contributed by atoms with E-state index in [1.807, 2.05) is 24.3 Å². The van der Waals surface area contributed by atoms with Crippen LogP contribution in [-0.4, -0.2) is 11.6 Å². The van der Waals surface area contributed by atoms with E-state index >= 15 is 0 Å². The van der Waals surface area contributed by atoms with Crippen molar-refractivity contribution in [2.75, 3.05) is 6.61 Å². The van der Waals surface area contributed by atoms with Gasteiger partial charge in [-0.3, -0.25) is 0 Å². The predicted molar refractivity (Wildman–Crippen MR) is 65.0 cm³/mol. The van der Waals surface area contributed by atoms with E-state index in [2.05, 4.69) is 4.98 Å². The van der Waals surface area contributed by atoms with Crippen molar-refractivity contribution in [3.05, 3.63) is 35.5 Å². The largest absolute Gasteiger partial charge is 0.491 e. The summed E-state index contributed by atoms with van der Waals surface area (Å²) in [6.45, 7) is 0.799. The van der Waals surface area contributed by atoms with Crippen molar-refractivity contribution in [3.63, 3.8) is 0 Å². The molecule has 1 aliphatic rings. The lowest BCUT2D eigenvalue weighted by Gasteiger charge is -2.07. The van der Waals surface area contributed by atoms with Gasteiger partial charge in [-0.15, -0.1) is 0 Å². The van der Waals surface area contributed by atoms with Crippen LogP contribution >= 0.6 is 11.6 Å². The standard InChI is InChI=1S/C13H12ClNO/c14-12-7-6-10-2-1-3-11(13(10)15-12)16-8-9-4-5-9/h1-3,6-7,9H,4-5,8H2. The first-order chi connectivity index (χ1) is 7.83. The molecule has 16 heavy (non-hydrogen) atoms. The summed E-state index contributed by atoms with van der Waals surface area (Å²) in [6.07, 6.45) is 2.58. The maximum Gasteiger partial charge on any atom is 0.145 e. The Morgan fingerprint density at radius 3 is 2.94 bits per heavy atom. The van der Waals surface area contributed by atoms with Crippen molar-refractivity contribution >= 4 is 22.5 Å². The third-order valence-electron chi connectivity index (χ3n) is 2.82. The number of ether oxygens (including phenoxy) is 1. The Bertz CT molecular complexity index is 522. The first kappa shape index (κ1) is 9.91. The van der Waals surface area contributed by atoms with Crippen LogP contribution in [0.4, 0.5) is 0 Å². The van der Waals surface area contributed by atoms with Gasteiger partial charge in [0.1, 0.15) is 16.4 Å². The second-order valence-corrected chi connectivity index (χ2v) is 4.60. The van der Waals surface area contributed by atoms with Gasteiger partial charge in [0.2, 0.25) is 0 Å². The minimum Gasteiger partial charge on any atom is -0.491 e. The molecule has 0 unspecified atom stereocenters. The summed E-state index contributed by atoms with van der Waals surface area (Å²) >= 11 is 5.90. The second-order valence-electron chi connectivity index (χ2n) is 4.22. The monoisotopic (exact) mass is 233 g/mol. The van der Waals surface area contributed by atoms with Gasteiger partial charge in [-0.25, -0.2) is 4.98 Å². The molecule has 1 aromatic heterocycles. The third-order valence-corrected chi connectivity index (χ3v) is 3.03. The molecule has 0 radical (unpaired) electrons. The molecular weight excluding hydrogens is 222 g/mol. The Hall–Kier alpha value is -1.28. The normalized spacial score (nSPS) is 15.3. The number of benzene rings is 1. The Balaban J connectivity index is 1.97. The molecule has 0 atom stereocenters. The number of hydrogen-bond acceptors (Lipinski definition) is 2. The lowest BCUT2D eigenvalue weighted by molar-refractivity contribution is 0.302. The molecule has 2 nitrogen and oxygen atoms in total. The highest BCUT2D eigenvalue weighted by Crippen LogP contribution is 2.31. The minimum absolute atomic E-state index is 0.509. The summed E-state index contributed by atoms with van der Waals surface area (Å²) in [7, 11) is 0. The minimum atomic E-state index is 0.509. The summed E-state index contributed by atoms with van der Waals surface area (Å²) < 4.78 is 5.78. The van der Waals surface area contributed by atoms with Crippen molar-refractivity contribution in [2.24, 2.45) is 5.92 Å². The molecule has 3 rings (SSSR count). The highest BCUT2D eigenvalue weighted by molar-refractivity contribution is 6.29. The van der Waals surface area contributed by atoms with Crippen LogP contribution in [0.15, 0.2) is 30.3 Å². The van der Waals surface area contributed by atoms with Crippen molar-refractivity contribution in [3.8, 4) is 5.75 Å². The van der Waals surface area contributed by atoms with Gasteiger partial charge in [-0.2, -0.15) is 0 Å². The SMILES string of the molecule is Clc1ccc2cccc(OCC3CC3)c2n1. The fourth-order valence-corrected chi connectivity index (χ4v) is 1.85. The number of aromatic nitrogens is 1. The molecule has 0 saturated heterocycles. The lowest BCUT2D eigenvalue weighted by Crippen LogP contribution is -1.99. The van der Waals surface area contributed by atoms with Crippen LogP contribution in [0.25, 0.3) is 10.9 Å². The van der Waals surface area contributed by atoms with E-state index in [1.165, 1.54) is 12.8 Å². The van der Waals surface area contributed by atoms with Gasteiger partial charge in [0.15, 0.2) is 0 Å². The molecule has 0 spiro atoms. The summed E-state index contributed by atoms with van der Waals surface area (Å²) in [5.74, 6) is 1.58. The summed E-state index contributed by atoms with van der Waals surface area (Å²) in [4.78, 5) is 4.31. The zero-order valence-electron chi connectivity index (χ0n) is 8.82. The zero-order valence-corrected chi connectivity index (χ0v) is 9.57. The number of fused-ring (bicyclic) bond motifs is 1. The number of halogens is 1. The Morgan fingerprint density at radius 2 is 2.12 bits per heavy atom. The third kappa shape index (κ3) is 1.98. The van der Waals surface area contributed by atoms with Gasteiger partial charge in [0.25, 0.3) is 0 Å². The fourth-order valence-electron chi connectivity index (χ4n) is 1.70. The maximum absolute atomic E-state index is 5.90. The smallest absolute Gasteiger partial charge is 0.145 e. The van der Waals surface area contributed by atoms with E-state index in [1.54, 1.807) is 6.07 Å². The molecule has 1 fully saturated rings. The quantitative estimate of drug-likeness (QED) is 0.755. The first-order valence-electron chi connectivity index (χ1n) is 5.51. The van der Waals surface area contributed by atoms with E-state index in [0.717, 1.165) is 29.2 Å². The van der Waals surface area contributed by atoms with Crippen LogP contribution in [0.2, 0.25) is 5.15 Å². The van der Waals surface area contributed by atoms with Crippen molar-refractivity contribution < 1.29 is 4.74 Å². The topological polar surface area (TPSA) is 22.1 Å². The molecule has 1 aliphatic carbocycles. The van der Waals surface area contributed by atoms with Crippen LogP contribution < -0.4 is 4.74 Å².